The van der Waals surface area contributed by atoms with Gasteiger partial charge in [0.25, 0.3) is 0 Å². The van der Waals surface area contributed by atoms with E-state index in [9.17, 15) is 9.59 Å². The number of piperidine rings is 1. The van der Waals surface area contributed by atoms with Gasteiger partial charge in [0.15, 0.2) is 0 Å². The number of cyclic esters (lactones) is 1. The summed E-state index contributed by atoms with van der Waals surface area (Å²) >= 11 is 0. The first-order chi connectivity index (χ1) is 8.50. The Morgan fingerprint density at radius 2 is 2.33 bits per heavy atom. The Bertz CT molecular complexity index is 431. The zero-order chi connectivity index (χ0) is 13.0. The van der Waals surface area contributed by atoms with Crippen molar-refractivity contribution in [3.63, 3.8) is 0 Å². The number of carbonyl (C=O) groups excluding carboxylic acids is 2. The zero-order valence-corrected chi connectivity index (χ0v) is 10.9. The second-order valence-electron chi connectivity index (χ2n) is 6.03. The lowest BCUT2D eigenvalue weighted by Crippen LogP contribution is -2.34. The lowest BCUT2D eigenvalue weighted by atomic mass is 9.93. The Morgan fingerprint density at radius 1 is 1.61 bits per heavy atom. The van der Waals surface area contributed by atoms with Crippen molar-refractivity contribution in [3.05, 3.63) is 12.2 Å². The number of fused-ring (bicyclic) bond motifs is 3. The van der Waals surface area contributed by atoms with Crippen LogP contribution in [0.2, 0.25) is 0 Å². The van der Waals surface area contributed by atoms with Crippen molar-refractivity contribution in [1.82, 2.24) is 4.90 Å². The molecule has 1 saturated carbocycles. The van der Waals surface area contributed by atoms with Gasteiger partial charge in [-0.05, 0) is 25.2 Å². The predicted octanol–water partition coefficient (Wildman–Crippen LogP) is 1.85. The third-order valence-corrected chi connectivity index (χ3v) is 4.56. The first-order valence-corrected chi connectivity index (χ1v) is 6.62. The highest BCUT2D eigenvalue weighted by atomic mass is 16.6. The smallest absolute Gasteiger partial charge is 0.410 e. The van der Waals surface area contributed by atoms with Gasteiger partial charge in [-0.1, -0.05) is 12.5 Å². The molecule has 4 heteroatoms. The number of ketones is 1. The van der Waals surface area contributed by atoms with E-state index in [1.54, 1.807) is 4.90 Å². The third-order valence-electron chi connectivity index (χ3n) is 4.56. The van der Waals surface area contributed by atoms with Crippen LogP contribution in [-0.4, -0.2) is 36.0 Å². The van der Waals surface area contributed by atoms with Crippen molar-refractivity contribution < 1.29 is 14.3 Å². The number of amides is 1. The summed E-state index contributed by atoms with van der Waals surface area (Å²) in [5.41, 5.74) is 1.06. The summed E-state index contributed by atoms with van der Waals surface area (Å²) in [6.45, 7) is 9.00. The van der Waals surface area contributed by atoms with Crippen LogP contribution in [0, 0.1) is 23.7 Å². The molecule has 4 nitrogen and oxygen atoms in total. The van der Waals surface area contributed by atoms with Gasteiger partial charge in [-0.2, -0.15) is 0 Å². The lowest BCUT2D eigenvalue weighted by molar-refractivity contribution is -0.124. The van der Waals surface area contributed by atoms with Gasteiger partial charge < -0.3 is 9.64 Å². The highest BCUT2D eigenvalue weighted by Gasteiger charge is 2.67. The van der Waals surface area contributed by atoms with Gasteiger partial charge in [-0.25, -0.2) is 4.79 Å². The van der Waals surface area contributed by atoms with E-state index in [2.05, 4.69) is 6.58 Å². The largest absolute Gasteiger partial charge is 0.447 e. The molecule has 5 atom stereocenters. The molecule has 0 bridgehead atoms. The van der Waals surface area contributed by atoms with Crippen LogP contribution in [0.5, 0.6) is 0 Å². The van der Waals surface area contributed by atoms with Crippen molar-refractivity contribution in [2.75, 3.05) is 13.2 Å². The normalized spacial score (nSPS) is 37.9. The van der Waals surface area contributed by atoms with Gasteiger partial charge in [0.2, 0.25) is 0 Å². The zero-order valence-electron chi connectivity index (χ0n) is 10.9. The minimum atomic E-state index is -0.201. The molecular weight excluding hydrogens is 230 g/mol. The monoisotopic (exact) mass is 249 g/mol. The fourth-order valence-corrected chi connectivity index (χ4v) is 3.73. The van der Waals surface area contributed by atoms with Crippen LogP contribution in [0.3, 0.4) is 0 Å². The fourth-order valence-electron chi connectivity index (χ4n) is 3.73. The van der Waals surface area contributed by atoms with Gasteiger partial charge in [-0.15, -0.1) is 6.58 Å². The fraction of sp³-hybridized carbons (Fsp3) is 0.714. The summed E-state index contributed by atoms with van der Waals surface area (Å²) in [5, 5.41) is 0. The van der Waals surface area contributed by atoms with E-state index in [0.29, 0.717) is 30.8 Å². The maximum absolute atomic E-state index is 12.3. The molecule has 3 rings (SSSR count). The molecule has 1 unspecified atom stereocenters. The van der Waals surface area contributed by atoms with Crippen molar-refractivity contribution in [2.45, 2.75) is 26.3 Å². The van der Waals surface area contributed by atoms with E-state index in [1.165, 1.54) is 0 Å². The minimum Gasteiger partial charge on any atom is -0.447 e. The molecule has 3 aliphatic rings. The number of nitrogens with zero attached hydrogens (tertiary/aromatic N) is 1. The third kappa shape index (κ3) is 1.58. The molecule has 0 N–H and O–H groups in total. The molecule has 0 spiro atoms. The summed E-state index contributed by atoms with van der Waals surface area (Å²) in [5.74, 6) is 1.33. The lowest BCUT2D eigenvalue weighted by Gasteiger charge is -2.18. The van der Waals surface area contributed by atoms with Crippen molar-refractivity contribution in [2.24, 2.45) is 23.7 Å². The molecule has 2 aliphatic heterocycles. The van der Waals surface area contributed by atoms with E-state index < -0.39 is 0 Å². The van der Waals surface area contributed by atoms with Crippen molar-refractivity contribution in [3.8, 4) is 0 Å². The van der Waals surface area contributed by atoms with Crippen LogP contribution in [0.1, 0.15) is 20.3 Å². The summed E-state index contributed by atoms with van der Waals surface area (Å²) < 4.78 is 5.03. The Kier molecular flexibility index (Phi) is 2.50. The number of rotatable bonds is 4. The Balaban J connectivity index is 1.64. The Morgan fingerprint density at radius 3 is 3.00 bits per heavy atom. The number of Topliss-reactive ketones (excluding diaryl/α,β-unsaturated/α-hetero) is 1. The maximum atomic E-state index is 12.3. The summed E-state index contributed by atoms with van der Waals surface area (Å²) in [4.78, 5) is 25.5. The highest BCUT2D eigenvalue weighted by Crippen LogP contribution is 2.58. The predicted molar refractivity (Wildman–Crippen MR) is 65.9 cm³/mol. The Labute approximate surface area is 107 Å². The van der Waals surface area contributed by atoms with E-state index in [4.69, 9.17) is 4.74 Å². The average Bonchev–Trinajstić information content (AvgIpc) is 2.66. The van der Waals surface area contributed by atoms with Crippen LogP contribution >= 0.6 is 0 Å². The van der Waals surface area contributed by atoms with Crippen LogP contribution in [0.4, 0.5) is 4.79 Å². The molecule has 98 valence electrons. The average molecular weight is 249 g/mol. The van der Waals surface area contributed by atoms with Crippen molar-refractivity contribution in [1.29, 1.82) is 0 Å². The molecular formula is C14H19NO3. The van der Waals surface area contributed by atoms with Crippen LogP contribution < -0.4 is 0 Å². The number of hydrogen-bond acceptors (Lipinski definition) is 3. The quantitative estimate of drug-likeness (QED) is 0.714. The van der Waals surface area contributed by atoms with Crippen LogP contribution in [0.25, 0.3) is 0 Å². The second kappa shape index (κ2) is 3.84. The standard InChI is InChI=1S/C14H19NO3/c1-7(2)4-8(3)13(16)12-9-5-15-10(11(9)12)6-18-14(15)17/h8-12H,1,4-6H2,2-3H3/t8?,9-,10+,11-,12+/m0/s1. The molecule has 18 heavy (non-hydrogen) atoms. The first kappa shape index (κ1) is 11.8. The number of ether oxygens (including phenoxy) is 1. The van der Waals surface area contributed by atoms with Gasteiger partial charge in [0.05, 0.1) is 6.04 Å². The SMILES string of the molecule is C=C(C)CC(C)C(=O)[C@@H]1[C@H]2CN3C(=O)OC[C@@H]3[C@H]21. The topological polar surface area (TPSA) is 46.6 Å². The second-order valence-corrected chi connectivity index (χ2v) is 6.03. The molecule has 1 amide bonds. The molecule has 1 aliphatic carbocycles. The van der Waals surface area contributed by atoms with Gasteiger partial charge >= 0.3 is 6.09 Å². The minimum absolute atomic E-state index is 0.0598. The van der Waals surface area contributed by atoms with E-state index in [1.807, 2.05) is 13.8 Å². The molecule has 2 saturated heterocycles. The van der Waals surface area contributed by atoms with Crippen LogP contribution in [-0.2, 0) is 9.53 Å². The summed E-state index contributed by atoms with van der Waals surface area (Å²) in [6.07, 6.45) is 0.576. The molecule has 0 aromatic heterocycles. The summed E-state index contributed by atoms with van der Waals surface area (Å²) in [6, 6.07) is 0.161. The van der Waals surface area contributed by atoms with Gasteiger partial charge in [-0.3, -0.25) is 4.79 Å². The van der Waals surface area contributed by atoms with Gasteiger partial charge in [0.1, 0.15) is 12.4 Å². The summed E-state index contributed by atoms with van der Waals surface area (Å²) in [7, 11) is 0. The maximum Gasteiger partial charge on any atom is 0.410 e. The Hall–Kier alpha value is -1.32. The first-order valence-electron chi connectivity index (χ1n) is 6.62. The highest BCUT2D eigenvalue weighted by molar-refractivity contribution is 5.87. The number of carbonyl (C=O) groups is 2. The van der Waals surface area contributed by atoms with Crippen molar-refractivity contribution >= 4 is 11.9 Å². The van der Waals surface area contributed by atoms with Gasteiger partial charge in [0, 0.05) is 18.4 Å². The number of allylic oxidation sites excluding steroid dienone is 1. The number of hydrogen-bond donors (Lipinski definition) is 0. The van der Waals surface area contributed by atoms with E-state index in [0.717, 1.165) is 12.0 Å². The molecule has 0 aromatic rings. The molecule has 0 aromatic carbocycles. The van der Waals surface area contributed by atoms with Crippen LogP contribution in [0.15, 0.2) is 12.2 Å². The van der Waals surface area contributed by atoms with E-state index >= 15 is 0 Å². The molecule has 2 heterocycles. The van der Waals surface area contributed by atoms with E-state index in [-0.39, 0.29) is 24.0 Å². The molecule has 3 fully saturated rings. The molecule has 0 radical (unpaired) electrons.